The summed E-state index contributed by atoms with van der Waals surface area (Å²) in [6, 6.07) is 4.02. The van der Waals surface area contributed by atoms with Crippen molar-refractivity contribution in [3.8, 4) is 5.75 Å². The molecule has 1 N–H and O–H groups in total. The number of methoxy groups -OCH3 is 1. The minimum atomic E-state index is 0.0120. The number of nitrogens with one attached hydrogen (secondary N) is 1. The van der Waals surface area contributed by atoms with E-state index in [1.54, 1.807) is 19.2 Å². The van der Waals surface area contributed by atoms with Crippen molar-refractivity contribution in [1.29, 1.82) is 0 Å². The highest BCUT2D eigenvalue weighted by atomic mass is 35.5. The normalized spacial score (nSPS) is 19.2. The number of likely N-dealkylation sites (tertiary alicyclic amines) is 1. The molecule has 0 amide bonds. The molecule has 1 unspecified atom stereocenters. The van der Waals surface area contributed by atoms with Gasteiger partial charge in [-0.05, 0) is 45.4 Å². The van der Waals surface area contributed by atoms with Gasteiger partial charge in [0.25, 0.3) is 0 Å². The van der Waals surface area contributed by atoms with E-state index in [-0.39, 0.29) is 5.43 Å². The van der Waals surface area contributed by atoms with Crippen LogP contribution in [0.3, 0.4) is 0 Å². The fourth-order valence-corrected chi connectivity index (χ4v) is 3.69. The van der Waals surface area contributed by atoms with Crippen LogP contribution in [0.1, 0.15) is 37.4 Å². The molecule has 2 heterocycles. The van der Waals surface area contributed by atoms with Crippen LogP contribution in [0, 0.1) is 6.92 Å². The van der Waals surface area contributed by atoms with Crippen molar-refractivity contribution in [3.63, 3.8) is 0 Å². The Balaban J connectivity index is 2.11. The van der Waals surface area contributed by atoms with E-state index >= 15 is 0 Å². The average Bonchev–Trinajstić information content (AvgIpc) is 2.53. The number of ether oxygens (including phenoxy) is 1. The summed E-state index contributed by atoms with van der Waals surface area (Å²) in [4.78, 5) is 18.7. The first-order valence-corrected chi connectivity index (χ1v) is 8.52. The lowest BCUT2D eigenvalue weighted by Crippen LogP contribution is -2.38. The quantitative estimate of drug-likeness (QED) is 0.926. The van der Waals surface area contributed by atoms with Crippen LogP contribution in [0.5, 0.6) is 5.75 Å². The molecule has 1 aromatic heterocycles. The van der Waals surface area contributed by atoms with Crippen LogP contribution in [0.15, 0.2) is 16.9 Å². The topological polar surface area (TPSA) is 45.3 Å². The van der Waals surface area contributed by atoms with Gasteiger partial charge >= 0.3 is 0 Å². The van der Waals surface area contributed by atoms with E-state index in [1.165, 1.54) is 19.3 Å². The summed E-state index contributed by atoms with van der Waals surface area (Å²) in [6.07, 6.45) is 3.66. The van der Waals surface area contributed by atoms with Crippen LogP contribution in [0.4, 0.5) is 0 Å². The number of aromatic amines is 1. The van der Waals surface area contributed by atoms with Gasteiger partial charge in [0.05, 0.1) is 23.0 Å². The summed E-state index contributed by atoms with van der Waals surface area (Å²) in [5.41, 5.74) is 2.39. The molecular formula is C18H23ClN2O2. The first kappa shape index (κ1) is 16.3. The number of hydrogen-bond donors (Lipinski definition) is 1. The molecule has 0 aliphatic carbocycles. The monoisotopic (exact) mass is 334 g/mol. The maximum Gasteiger partial charge on any atom is 0.195 e. The second kappa shape index (κ2) is 6.54. The third-order valence-corrected chi connectivity index (χ3v) is 5.22. The SMILES string of the molecule is COc1ccc(Cl)c2c(=O)c(CN3CCCCC3C)c(C)[nH]c12. The van der Waals surface area contributed by atoms with E-state index in [9.17, 15) is 4.79 Å². The Morgan fingerprint density at radius 2 is 2.17 bits per heavy atom. The number of hydrogen-bond acceptors (Lipinski definition) is 3. The van der Waals surface area contributed by atoms with Crippen molar-refractivity contribution in [2.24, 2.45) is 0 Å². The molecule has 1 aromatic carbocycles. The predicted molar refractivity (Wildman–Crippen MR) is 94.6 cm³/mol. The van der Waals surface area contributed by atoms with Gasteiger partial charge in [-0.1, -0.05) is 18.0 Å². The molecule has 1 aliphatic heterocycles. The molecule has 0 spiro atoms. The number of nitrogens with zero attached hydrogens (tertiary/aromatic N) is 1. The van der Waals surface area contributed by atoms with Gasteiger partial charge in [-0.2, -0.15) is 0 Å². The second-order valence-electron chi connectivity index (χ2n) is 6.37. The zero-order valence-corrected chi connectivity index (χ0v) is 14.7. The largest absolute Gasteiger partial charge is 0.495 e. The number of pyridine rings is 1. The van der Waals surface area contributed by atoms with Crippen molar-refractivity contribution < 1.29 is 4.74 Å². The molecular weight excluding hydrogens is 312 g/mol. The van der Waals surface area contributed by atoms with E-state index in [0.29, 0.717) is 34.3 Å². The molecule has 2 aromatic rings. The highest BCUT2D eigenvalue weighted by molar-refractivity contribution is 6.35. The Bertz CT molecular complexity index is 785. The molecule has 0 radical (unpaired) electrons. The molecule has 124 valence electrons. The highest BCUT2D eigenvalue weighted by Crippen LogP contribution is 2.29. The lowest BCUT2D eigenvalue weighted by molar-refractivity contribution is 0.152. The maximum atomic E-state index is 13.0. The molecule has 0 bridgehead atoms. The number of aryl methyl sites for hydroxylation is 1. The first-order valence-electron chi connectivity index (χ1n) is 8.15. The molecule has 4 nitrogen and oxygen atoms in total. The Hall–Kier alpha value is -1.52. The Morgan fingerprint density at radius 1 is 1.39 bits per heavy atom. The molecule has 3 rings (SSSR count). The van der Waals surface area contributed by atoms with Crippen LogP contribution in [0.2, 0.25) is 5.02 Å². The number of halogens is 1. The van der Waals surface area contributed by atoms with Crippen molar-refractivity contribution in [1.82, 2.24) is 9.88 Å². The molecule has 1 aliphatic rings. The van der Waals surface area contributed by atoms with Gasteiger partial charge in [0.2, 0.25) is 0 Å². The Morgan fingerprint density at radius 3 is 2.87 bits per heavy atom. The summed E-state index contributed by atoms with van der Waals surface area (Å²) in [5.74, 6) is 0.641. The number of fused-ring (bicyclic) bond motifs is 1. The molecule has 5 heteroatoms. The van der Waals surface area contributed by atoms with Gasteiger partial charge < -0.3 is 9.72 Å². The Kier molecular flexibility index (Phi) is 4.64. The number of aromatic nitrogens is 1. The number of piperidine rings is 1. The lowest BCUT2D eigenvalue weighted by atomic mass is 10.0. The minimum absolute atomic E-state index is 0.0120. The summed E-state index contributed by atoms with van der Waals surface area (Å²) in [6.45, 7) is 5.90. The van der Waals surface area contributed by atoms with Gasteiger partial charge in [-0.15, -0.1) is 0 Å². The van der Waals surface area contributed by atoms with Crippen molar-refractivity contribution in [3.05, 3.63) is 38.6 Å². The summed E-state index contributed by atoms with van der Waals surface area (Å²) >= 11 is 6.30. The van der Waals surface area contributed by atoms with Crippen LogP contribution in [0.25, 0.3) is 10.9 Å². The van der Waals surface area contributed by atoms with Crippen LogP contribution in [-0.4, -0.2) is 29.6 Å². The summed E-state index contributed by atoms with van der Waals surface area (Å²) in [5, 5.41) is 0.992. The van der Waals surface area contributed by atoms with Gasteiger partial charge in [0, 0.05) is 23.8 Å². The molecule has 1 atom stereocenters. The molecule has 0 saturated carbocycles. The maximum absolute atomic E-state index is 13.0. The van der Waals surface area contributed by atoms with Gasteiger partial charge in [-0.3, -0.25) is 9.69 Å². The number of benzene rings is 1. The number of H-pyrrole nitrogens is 1. The van der Waals surface area contributed by atoms with Gasteiger partial charge in [0.1, 0.15) is 5.75 Å². The van der Waals surface area contributed by atoms with E-state index in [0.717, 1.165) is 17.8 Å². The summed E-state index contributed by atoms with van der Waals surface area (Å²) in [7, 11) is 1.60. The van der Waals surface area contributed by atoms with E-state index in [2.05, 4.69) is 16.8 Å². The minimum Gasteiger partial charge on any atom is -0.495 e. The fraction of sp³-hybridized carbons (Fsp3) is 0.500. The van der Waals surface area contributed by atoms with Crippen LogP contribution >= 0.6 is 11.6 Å². The number of rotatable bonds is 3. The third kappa shape index (κ3) is 2.98. The van der Waals surface area contributed by atoms with E-state index < -0.39 is 0 Å². The molecule has 1 fully saturated rings. The molecule has 1 saturated heterocycles. The fourth-order valence-electron chi connectivity index (χ4n) is 3.44. The smallest absolute Gasteiger partial charge is 0.195 e. The Labute approximate surface area is 141 Å². The molecule has 23 heavy (non-hydrogen) atoms. The average molecular weight is 335 g/mol. The van der Waals surface area contributed by atoms with Crippen LogP contribution < -0.4 is 10.2 Å². The standard InChI is InChI=1S/C18H23ClN2O2/c1-11-6-4-5-9-21(11)10-13-12(2)20-17-15(23-3)8-7-14(19)16(17)18(13)22/h7-8,11H,4-6,9-10H2,1-3H3,(H,20,22). The zero-order valence-electron chi connectivity index (χ0n) is 13.9. The van der Waals surface area contributed by atoms with E-state index in [4.69, 9.17) is 16.3 Å². The first-order chi connectivity index (χ1) is 11.0. The highest BCUT2D eigenvalue weighted by Gasteiger charge is 2.22. The lowest BCUT2D eigenvalue weighted by Gasteiger charge is -2.33. The third-order valence-electron chi connectivity index (χ3n) is 4.90. The van der Waals surface area contributed by atoms with Gasteiger partial charge in [0.15, 0.2) is 5.43 Å². The van der Waals surface area contributed by atoms with Gasteiger partial charge in [-0.25, -0.2) is 0 Å². The van der Waals surface area contributed by atoms with Crippen molar-refractivity contribution in [2.75, 3.05) is 13.7 Å². The van der Waals surface area contributed by atoms with Crippen molar-refractivity contribution in [2.45, 2.75) is 45.7 Å². The van der Waals surface area contributed by atoms with Crippen LogP contribution in [-0.2, 0) is 6.54 Å². The van der Waals surface area contributed by atoms with E-state index in [1.807, 2.05) is 6.92 Å². The summed E-state index contributed by atoms with van der Waals surface area (Å²) < 4.78 is 5.36. The second-order valence-corrected chi connectivity index (χ2v) is 6.78. The zero-order chi connectivity index (χ0) is 16.6. The van der Waals surface area contributed by atoms with Crippen molar-refractivity contribution >= 4 is 22.5 Å². The predicted octanol–water partition coefficient (Wildman–Crippen LogP) is 3.87.